The van der Waals surface area contributed by atoms with Gasteiger partial charge in [-0.25, -0.2) is 9.97 Å². The highest BCUT2D eigenvalue weighted by atomic mass is 32.1. The number of benzene rings is 1. The number of hydrogen-bond acceptors (Lipinski definition) is 6. The monoisotopic (exact) mass is 341 g/mol. The Bertz CT molecular complexity index is 903. The van der Waals surface area contributed by atoms with Crippen LogP contribution < -0.4 is 14.8 Å². The number of hydrogen-bond donors (Lipinski definition) is 1. The molecule has 0 unspecified atom stereocenters. The zero-order valence-electron chi connectivity index (χ0n) is 13.9. The first-order valence-electron chi connectivity index (χ1n) is 7.94. The van der Waals surface area contributed by atoms with Crippen LogP contribution in [-0.4, -0.2) is 30.2 Å². The van der Waals surface area contributed by atoms with Crippen LogP contribution in [0.15, 0.2) is 23.6 Å². The molecule has 0 spiro atoms. The van der Waals surface area contributed by atoms with Gasteiger partial charge in [0.25, 0.3) is 0 Å². The summed E-state index contributed by atoms with van der Waals surface area (Å²) < 4.78 is 10.8. The molecule has 4 rings (SSSR count). The van der Waals surface area contributed by atoms with Crippen LogP contribution >= 0.6 is 11.3 Å². The third kappa shape index (κ3) is 2.67. The molecule has 2 heterocycles. The van der Waals surface area contributed by atoms with Gasteiger partial charge in [0.1, 0.15) is 16.5 Å². The second-order valence-corrected chi connectivity index (χ2v) is 6.80. The van der Waals surface area contributed by atoms with Gasteiger partial charge in [0.2, 0.25) is 0 Å². The molecule has 3 aromatic rings. The summed E-state index contributed by atoms with van der Waals surface area (Å²) in [6, 6.07) is 6.52. The Kier molecular flexibility index (Phi) is 3.76. The zero-order valence-corrected chi connectivity index (χ0v) is 14.7. The van der Waals surface area contributed by atoms with Gasteiger partial charge in [0, 0.05) is 17.0 Å². The molecule has 0 bridgehead atoms. The van der Waals surface area contributed by atoms with Crippen LogP contribution in [0.25, 0.3) is 21.3 Å². The summed E-state index contributed by atoms with van der Waals surface area (Å²) in [4.78, 5) is 10.3. The summed E-state index contributed by atoms with van der Waals surface area (Å²) in [7, 11) is 3.30. The molecule has 0 amide bonds. The van der Waals surface area contributed by atoms with Gasteiger partial charge < -0.3 is 14.8 Å². The number of nitrogens with one attached hydrogen (secondary N) is 1. The standard InChI is InChI=1S/C18H19N3O2S/c1-10-19-17(21-12-5-6-12)16-13(9-24-18(16)20-10)11-4-7-14(22-2)15(8-11)23-3/h4,7-9,12H,5-6H2,1-3H3,(H,19,20,21). The maximum atomic E-state index is 5.44. The van der Waals surface area contributed by atoms with Crippen LogP contribution in [0, 0.1) is 6.92 Å². The zero-order chi connectivity index (χ0) is 16.7. The van der Waals surface area contributed by atoms with Crippen molar-refractivity contribution in [3.05, 3.63) is 29.4 Å². The number of aromatic nitrogens is 2. The van der Waals surface area contributed by atoms with Crippen molar-refractivity contribution >= 4 is 27.4 Å². The van der Waals surface area contributed by atoms with Crippen LogP contribution in [0.2, 0.25) is 0 Å². The van der Waals surface area contributed by atoms with E-state index in [-0.39, 0.29) is 0 Å². The minimum atomic E-state index is 0.542. The molecular weight excluding hydrogens is 322 g/mol. The van der Waals surface area contributed by atoms with E-state index in [9.17, 15) is 0 Å². The first-order chi connectivity index (χ1) is 11.7. The Labute approximate surface area is 144 Å². The number of fused-ring (bicyclic) bond motifs is 1. The average molecular weight is 341 g/mol. The Balaban J connectivity index is 1.87. The molecule has 1 saturated carbocycles. The van der Waals surface area contributed by atoms with Gasteiger partial charge in [-0.3, -0.25) is 0 Å². The molecule has 0 aliphatic heterocycles. The van der Waals surface area contributed by atoms with Gasteiger partial charge in [-0.1, -0.05) is 6.07 Å². The van der Waals surface area contributed by atoms with E-state index in [0.717, 1.165) is 44.5 Å². The third-order valence-corrected chi connectivity index (χ3v) is 5.03. The van der Waals surface area contributed by atoms with Crippen molar-refractivity contribution in [1.29, 1.82) is 0 Å². The van der Waals surface area contributed by atoms with Gasteiger partial charge in [-0.05, 0) is 37.5 Å². The van der Waals surface area contributed by atoms with E-state index in [2.05, 4.69) is 20.7 Å². The van der Waals surface area contributed by atoms with Gasteiger partial charge in [0.15, 0.2) is 11.5 Å². The number of thiophene rings is 1. The Hall–Kier alpha value is -2.34. The molecule has 0 atom stereocenters. The second-order valence-electron chi connectivity index (χ2n) is 5.94. The van der Waals surface area contributed by atoms with Crippen molar-refractivity contribution in [3.8, 4) is 22.6 Å². The lowest BCUT2D eigenvalue weighted by molar-refractivity contribution is 0.355. The number of aryl methyl sites for hydroxylation is 1. The molecule has 24 heavy (non-hydrogen) atoms. The fraction of sp³-hybridized carbons (Fsp3) is 0.333. The van der Waals surface area contributed by atoms with Crippen LogP contribution in [0.5, 0.6) is 11.5 Å². The molecule has 2 aromatic heterocycles. The maximum Gasteiger partial charge on any atom is 0.161 e. The van der Waals surface area contributed by atoms with Crippen molar-refractivity contribution in [2.45, 2.75) is 25.8 Å². The maximum absolute atomic E-state index is 5.44. The number of rotatable bonds is 5. The van der Waals surface area contributed by atoms with Gasteiger partial charge in [-0.2, -0.15) is 0 Å². The first-order valence-corrected chi connectivity index (χ1v) is 8.82. The minimum absolute atomic E-state index is 0.542. The Morgan fingerprint density at radius 2 is 1.92 bits per heavy atom. The second kappa shape index (κ2) is 5.94. The van der Waals surface area contributed by atoms with E-state index in [1.54, 1.807) is 25.6 Å². The summed E-state index contributed by atoms with van der Waals surface area (Å²) in [5.41, 5.74) is 2.20. The van der Waals surface area contributed by atoms with E-state index in [1.807, 2.05) is 25.1 Å². The normalized spacial score (nSPS) is 14.0. The number of ether oxygens (including phenoxy) is 2. The van der Waals surface area contributed by atoms with Crippen LogP contribution in [0.3, 0.4) is 0 Å². The number of methoxy groups -OCH3 is 2. The Morgan fingerprint density at radius 1 is 1.12 bits per heavy atom. The average Bonchev–Trinajstić information content (AvgIpc) is 3.30. The van der Waals surface area contributed by atoms with E-state index in [0.29, 0.717) is 6.04 Å². The molecular formula is C18H19N3O2S. The topological polar surface area (TPSA) is 56.3 Å². The van der Waals surface area contributed by atoms with Crippen LogP contribution in [0.1, 0.15) is 18.7 Å². The van der Waals surface area contributed by atoms with Gasteiger partial charge in [0.05, 0.1) is 19.6 Å². The van der Waals surface area contributed by atoms with Crippen molar-refractivity contribution < 1.29 is 9.47 Å². The van der Waals surface area contributed by atoms with E-state index in [4.69, 9.17) is 9.47 Å². The predicted octanol–water partition coefficient (Wildman–Crippen LogP) is 4.26. The molecule has 6 heteroatoms. The molecule has 5 nitrogen and oxygen atoms in total. The van der Waals surface area contributed by atoms with Gasteiger partial charge in [-0.15, -0.1) is 11.3 Å². The summed E-state index contributed by atoms with van der Waals surface area (Å²) in [6.45, 7) is 1.94. The quantitative estimate of drug-likeness (QED) is 0.751. The SMILES string of the molecule is COc1ccc(-c2csc3nc(C)nc(NC4CC4)c23)cc1OC. The van der Waals surface area contributed by atoms with Gasteiger partial charge >= 0.3 is 0 Å². The van der Waals surface area contributed by atoms with E-state index in [1.165, 1.54) is 12.8 Å². The van der Waals surface area contributed by atoms with Crippen LogP contribution in [-0.2, 0) is 0 Å². The highest BCUT2D eigenvalue weighted by Gasteiger charge is 2.24. The predicted molar refractivity (Wildman–Crippen MR) is 97.3 cm³/mol. The lowest BCUT2D eigenvalue weighted by atomic mass is 10.1. The van der Waals surface area contributed by atoms with Crippen molar-refractivity contribution in [3.63, 3.8) is 0 Å². The van der Waals surface area contributed by atoms with E-state index >= 15 is 0 Å². The van der Waals surface area contributed by atoms with E-state index < -0.39 is 0 Å². The molecule has 0 saturated heterocycles. The highest BCUT2D eigenvalue weighted by molar-refractivity contribution is 7.17. The molecule has 1 aliphatic rings. The lowest BCUT2D eigenvalue weighted by Gasteiger charge is -2.11. The van der Waals surface area contributed by atoms with Crippen molar-refractivity contribution in [2.24, 2.45) is 0 Å². The Morgan fingerprint density at radius 3 is 2.62 bits per heavy atom. The minimum Gasteiger partial charge on any atom is -0.493 e. The molecule has 1 aliphatic carbocycles. The fourth-order valence-corrected chi connectivity index (χ4v) is 3.78. The fourth-order valence-electron chi connectivity index (χ4n) is 2.79. The van der Waals surface area contributed by atoms with Crippen LogP contribution in [0.4, 0.5) is 5.82 Å². The third-order valence-electron chi connectivity index (χ3n) is 4.16. The summed E-state index contributed by atoms with van der Waals surface area (Å²) in [5.74, 6) is 3.18. The highest BCUT2D eigenvalue weighted by Crippen LogP contribution is 2.41. The largest absolute Gasteiger partial charge is 0.493 e. The molecule has 1 fully saturated rings. The van der Waals surface area contributed by atoms with Crippen molar-refractivity contribution in [1.82, 2.24) is 9.97 Å². The number of anilines is 1. The molecule has 1 aromatic carbocycles. The first kappa shape index (κ1) is 15.2. The number of nitrogens with zero attached hydrogens (tertiary/aromatic N) is 2. The smallest absolute Gasteiger partial charge is 0.161 e. The lowest BCUT2D eigenvalue weighted by Crippen LogP contribution is -2.05. The summed E-state index contributed by atoms with van der Waals surface area (Å²) in [5, 5.41) is 6.77. The molecule has 0 radical (unpaired) electrons. The molecule has 124 valence electrons. The van der Waals surface area contributed by atoms with Crippen molar-refractivity contribution in [2.75, 3.05) is 19.5 Å². The molecule has 1 N–H and O–H groups in total. The summed E-state index contributed by atoms with van der Waals surface area (Å²) >= 11 is 1.64. The summed E-state index contributed by atoms with van der Waals surface area (Å²) in [6.07, 6.45) is 2.42.